The van der Waals surface area contributed by atoms with Gasteiger partial charge in [-0.1, -0.05) is 42.7 Å². The lowest BCUT2D eigenvalue weighted by Gasteiger charge is -1.96. The van der Waals surface area contributed by atoms with E-state index < -0.39 is 0 Å². The first kappa shape index (κ1) is 11.1. The molecule has 76 valence electrons. The van der Waals surface area contributed by atoms with Gasteiger partial charge in [-0.15, -0.1) is 0 Å². The molecule has 0 fully saturated rings. The second kappa shape index (κ2) is 5.66. The van der Waals surface area contributed by atoms with Crippen molar-refractivity contribution < 1.29 is 9.53 Å². The molecule has 0 aromatic heterocycles. The summed E-state index contributed by atoms with van der Waals surface area (Å²) in [6.07, 6.45) is 1.85. The molecule has 2 heteroatoms. The summed E-state index contributed by atoms with van der Waals surface area (Å²) in [5.41, 5.74) is 1.84. The average Bonchev–Trinajstić information content (AvgIpc) is 2.29. The number of hydrogen-bond donors (Lipinski definition) is 0. The van der Waals surface area contributed by atoms with Crippen LogP contribution in [0.25, 0.3) is 6.08 Å². The molecular formula is C13H12O2. The lowest BCUT2D eigenvalue weighted by atomic mass is 10.1. The first-order chi connectivity index (χ1) is 7.27. The van der Waals surface area contributed by atoms with Gasteiger partial charge in [-0.2, -0.15) is 0 Å². The molecule has 0 saturated heterocycles. The number of ether oxygens (including phenoxy) is 1. The highest BCUT2D eigenvalue weighted by atomic mass is 16.5. The normalized spacial score (nSPS) is 8.60. The number of hydrogen-bond acceptors (Lipinski definition) is 2. The molecule has 0 N–H and O–H groups in total. The van der Waals surface area contributed by atoms with Crippen LogP contribution >= 0.6 is 0 Å². The Morgan fingerprint density at radius 1 is 1.53 bits per heavy atom. The maximum absolute atomic E-state index is 10.8. The van der Waals surface area contributed by atoms with Gasteiger partial charge in [0, 0.05) is 5.56 Å². The van der Waals surface area contributed by atoms with Gasteiger partial charge in [0.2, 0.25) is 0 Å². The molecular weight excluding hydrogens is 188 g/mol. The summed E-state index contributed by atoms with van der Waals surface area (Å²) in [4.78, 5) is 10.8. The van der Waals surface area contributed by atoms with Gasteiger partial charge in [0.25, 0.3) is 0 Å². The molecule has 0 saturated carbocycles. The van der Waals surface area contributed by atoms with Crippen LogP contribution < -0.4 is 0 Å². The fourth-order valence-electron chi connectivity index (χ4n) is 1.07. The van der Waals surface area contributed by atoms with E-state index in [9.17, 15) is 4.79 Å². The highest BCUT2D eigenvalue weighted by molar-refractivity contribution is 5.72. The number of rotatable bonds is 2. The molecule has 1 aromatic carbocycles. The van der Waals surface area contributed by atoms with E-state index in [1.165, 1.54) is 7.11 Å². The Kier molecular flexibility index (Phi) is 4.18. The fourth-order valence-corrected chi connectivity index (χ4v) is 1.07. The van der Waals surface area contributed by atoms with Crippen LogP contribution in [0.2, 0.25) is 0 Å². The minimum atomic E-state index is -0.321. The zero-order chi connectivity index (χ0) is 11.1. The third kappa shape index (κ3) is 3.32. The van der Waals surface area contributed by atoms with E-state index in [0.29, 0.717) is 0 Å². The summed E-state index contributed by atoms with van der Waals surface area (Å²) in [5, 5.41) is 0. The van der Waals surface area contributed by atoms with Crippen molar-refractivity contribution >= 4 is 12.0 Å². The van der Waals surface area contributed by atoms with Crippen molar-refractivity contribution in [2.45, 2.75) is 6.42 Å². The Morgan fingerprint density at radius 3 is 2.93 bits per heavy atom. The lowest BCUT2D eigenvalue weighted by molar-refractivity contribution is -0.139. The van der Waals surface area contributed by atoms with Crippen molar-refractivity contribution in [3.8, 4) is 11.8 Å². The Balaban J connectivity index is 2.79. The Bertz CT molecular complexity index is 422. The molecule has 0 aliphatic carbocycles. The van der Waals surface area contributed by atoms with Crippen molar-refractivity contribution in [1.82, 2.24) is 0 Å². The quantitative estimate of drug-likeness (QED) is 0.540. The van der Waals surface area contributed by atoms with E-state index in [0.717, 1.165) is 11.1 Å². The van der Waals surface area contributed by atoms with Crippen LogP contribution in [0.15, 0.2) is 30.8 Å². The molecule has 0 radical (unpaired) electrons. The Morgan fingerprint density at radius 2 is 2.27 bits per heavy atom. The van der Waals surface area contributed by atoms with E-state index in [1.54, 1.807) is 6.08 Å². The molecule has 15 heavy (non-hydrogen) atoms. The predicted molar refractivity (Wildman–Crippen MR) is 60.0 cm³/mol. The second-order valence-corrected chi connectivity index (χ2v) is 2.85. The Labute approximate surface area is 89.6 Å². The van der Waals surface area contributed by atoms with Crippen molar-refractivity contribution in [3.63, 3.8) is 0 Å². The average molecular weight is 200 g/mol. The first-order valence-electron chi connectivity index (χ1n) is 4.55. The van der Waals surface area contributed by atoms with Gasteiger partial charge in [0.15, 0.2) is 0 Å². The van der Waals surface area contributed by atoms with Crippen LogP contribution in [0.1, 0.15) is 17.5 Å². The largest absolute Gasteiger partial charge is 0.468 e. The number of carbonyl (C=O) groups excluding carboxylic acids is 1. The number of benzene rings is 1. The standard InChI is InChI=1S/C13H12O2/c1-3-11-7-4-5-8-12(11)9-6-10-13(14)15-2/h3-5,7-8H,1,10H2,2H3. The van der Waals surface area contributed by atoms with Crippen molar-refractivity contribution in [3.05, 3.63) is 42.0 Å². The maximum Gasteiger partial charge on any atom is 0.317 e. The monoisotopic (exact) mass is 200 g/mol. The number of methoxy groups -OCH3 is 1. The van der Waals surface area contributed by atoms with Crippen LogP contribution in [0.4, 0.5) is 0 Å². The van der Waals surface area contributed by atoms with Gasteiger partial charge < -0.3 is 4.74 Å². The van der Waals surface area contributed by atoms with E-state index in [2.05, 4.69) is 23.2 Å². The molecule has 1 aromatic rings. The second-order valence-electron chi connectivity index (χ2n) is 2.85. The zero-order valence-electron chi connectivity index (χ0n) is 8.62. The van der Waals surface area contributed by atoms with Gasteiger partial charge in [-0.25, -0.2) is 0 Å². The molecule has 1 rings (SSSR count). The van der Waals surface area contributed by atoms with Crippen LogP contribution in [-0.4, -0.2) is 13.1 Å². The molecule has 0 unspecified atom stereocenters. The van der Waals surface area contributed by atoms with Crippen LogP contribution in [-0.2, 0) is 9.53 Å². The molecule has 0 bridgehead atoms. The zero-order valence-corrected chi connectivity index (χ0v) is 8.62. The molecule has 2 nitrogen and oxygen atoms in total. The maximum atomic E-state index is 10.8. The van der Waals surface area contributed by atoms with Gasteiger partial charge >= 0.3 is 5.97 Å². The smallest absolute Gasteiger partial charge is 0.317 e. The first-order valence-corrected chi connectivity index (χ1v) is 4.55. The summed E-state index contributed by atoms with van der Waals surface area (Å²) in [6, 6.07) is 7.63. The van der Waals surface area contributed by atoms with Crippen molar-refractivity contribution in [2.75, 3.05) is 7.11 Å². The van der Waals surface area contributed by atoms with E-state index in [1.807, 2.05) is 24.3 Å². The highest BCUT2D eigenvalue weighted by Crippen LogP contribution is 2.07. The summed E-state index contributed by atoms with van der Waals surface area (Å²) in [7, 11) is 1.35. The van der Waals surface area contributed by atoms with E-state index in [-0.39, 0.29) is 12.4 Å². The Hall–Kier alpha value is -2.01. The topological polar surface area (TPSA) is 26.3 Å². The van der Waals surface area contributed by atoms with Crippen molar-refractivity contribution in [1.29, 1.82) is 0 Å². The van der Waals surface area contributed by atoms with E-state index >= 15 is 0 Å². The number of esters is 1. The summed E-state index contributed by atoms with van der Waals surface area (Å²) in [5.74, 6) is 5.34. The van der Waals surface area contributed by atoms with Gasteiger partial charge in [-0.3, -0.25) is 4.79 Å². The predicted octanol–water partition coefficient (Wildman–Crippen LogP) is 2.24. The minimum Gasteiger partial charge on any atom is -0.468 e. The fraction of sp³-hybridized carbons (Fsp3) is 0.154. The van der Waals surface area contributed by atoms with Crippen LogP contribution in [0, 0.1) is 11.8 Å². The molecule has 0 aliphatic heterocycles. The van der Waals surface area contributed by atoms with Crippen molar-refractivity contribution in [2.24, 2.45) is 0 Å². The highest BCUT2D eigenvalue weighted by Gasteiger charge is 1.95. The third-order valence-corrected chi connectivity index (χ3v) is 1.86. The van der Waals surface area contributed by atoms with Crippen LogP contribution in [0.3, 0.4) is 0 Å². The van der Waals surface area contributed by atoms with E-state index in [4.69, 9.17) is 0 Å². The molecule has 0 atom stereocenters. The lowest BCUT2D eigenvalue weighted by Crippen LogP contribution is -1.97. The van der Waals surface area contributed by atoms with Gasteiger partial charge in [-0.05, 0) is 11.6 Å². The summed E-state index contributed by atoms with van der Waals surface area (Å²) < 4.78 is 4.48. The summed E-state index contributed by atoms with van der Waals surface area (Å²) in [6.45, 7) is 3.69. The van der Waals surface area contributed by atoms with Gasteiger partial charge in [0.1, 0.15) is 6.42 Å². The van der Waals surface area contributed by atoms with Gasteiger partial charge in [0.05, 0.1) is 7.11 Å². The molecule has 0 heterocycles. The third-order valence-electron chi connectivity index (χ3n) is 1.86. The SMILES string of the molecule is C=Cc1ccccc1C#CCC(=O)OC. The molecule has 0 amide bonds. The number of carbonyl (C=O) groups is 1. The molecule has 0 spiro atoms. The van der Waals surface area contributed by atoms with Crippen LogP contribution in [0.5, 0.6) is 0 Å². The summed E-state index contributed by atoms with van der Waals surface area (Å²) >= 11 is 0. The minimum absolute atomic E-state index is 0.113. The molecule has 0 aliphatic rings.